The van der Waals surface area contributed by atoms with Gasteiger partial charge in [-0.25, -0.2) is 0 Å². The van der Waals surface area contributed by atoms with Crippen LogP contribution in [-0.2, 0) is 4.79 Å². The number of ether oxygens (including phenoxy) is 2. The zero-order chi connectivity index (χ0) is 14.3. The Balaban J connectivity index is 2.82. The highest BCUT2D eigenvalue weighted by Crippen LogP contribution is 2.30. The minimum atomic E-state index is -0.226. The molecule has 1 atom stereocenters. The normalized spacial score (nSPS) is 11.8. The van der Waals surface area contributed by atoms with Crippen LogP contribution in [0.25, 0.3) is 0 Å². The maximum atomic E-state index is 11.8. The van der Waals surface area contributed by atoms with Gasteiger partial charge in [0.05, 0.1) is 18.5 Å². The number of benzene rings is 1. The van der Waals surface area contributed by atoms with E-state index in [2.05, 4.69) is 21.2 Å². The highest BCUT2D eigenvalue weighted by atomic mass is 79.9. The molecule has 6 heteroatoms. The van der Waals surface area contributed by atoms with Crippen LogP contribution in [-0.4, -0.2) is 36.2 Å². The van der Waals surface area contributed by atoms with Crippen molar-refractivity contribution in [3.8, 4) is 11.5 Å². The van der Waals surface area contributed by atoms with Crippen molar-refractivity contribution in [1.29, 1.82) is 0 Å². The number of nitrogens with one attached hydrogen (secondary N) is 1. The molecule has 0 saturated carbocycles. The van der Waals surface area contributed by atoms with Gasteiger partial charge in [0.15, 0.2) is 11.5 Å². The number of rotatable bonds is 7. The van der Waals surface area contributed by atoms with Crippen LogP contribution < -0.4 is 14.8 Å². The van der Waals surface area contributed by atoms with E-state index >= 15 is 0 Å². The van der Waals surface area contributed by atoms with E-state index in [-0.39, 0.29) is 23.9 Å². The van der Waals surface area contributed by atoms with Crippen molar-refractivity contribution in [3.63, 3.8) is 0 Å². The summed E-state index contributed by atoms with van der Waals surface area (Å²) in [6.45, 7) is 2.01. The van der Waals surface area contributed by atoms with Gasteiger partial charge in [-0.05, 0) is 18.6 Å². The monoisotopic (exact) mass is 331 g/mol. The summed E-state index contributed by atoms with van der Waals surface area (Å²) in [6, 6.07) is 5.11. The van der Waals surface area contributed by atoms with E-state index < -0.39 is 0 Å². The van der Waals surface area contributed by atoms with Crippen LogP contribution in [0.5, 0.6) is 11.5 Å². The molecular formula is C13H18BrNO4. The van der Waals surface area contributed by atoms with E-state index in [1.54, 1.807) is 18.2 Å². The summed E-state index contributed by atoms with van der Waals surface area (Å²) in [5, 5.41) is 11.5. The summed E-state index contributed by atoms with van der Waals surface area (Å²) < 4.78 is 10.5. The molecule has 0 aliphatic heterocycles. The molecule has 1 aromatic carbocycles. The molecule has 0 bridgehead atoms. The first-order valence-corrected chi connectivity index (χ1v) is 6.90. The fourth-order valence-corrected chi connectivity index (χ4v) is 1.54. The molecule has 1 unspecified atom stereocenters. The fourth-order valence-electron chi connectivity index (χ4n) is 1.43. The van der Waals surface area contributed by atoms with Crippen LogP contribution in [0.2, 0.25) is 0 Å². The Hall–Kier alpha value is -1.27. The molecule has 19 heavy (non-hydrogen) atoms. The van der Waals surface area contributed by atoms with Gasteiger partial charge < -0.3 is 19.9 Å². The van der Waals surface area contributed by atoms with E-state index in [0.29, 0.717) is 23.6 Å². The summed E-state index contributed by atoms with van der Waals surface area (Å²) in [5.41, 5.74) is 0.622. The van der Waals surface area contributed by atoms with Crippen LogP contribution in [0.15, 0.2) is 18.2 Å². The fraction of sp³-hybridized carbons (Fsp3) is 0.462. The van der Waals surface area contributed by atoms with Crippen LogP contribution in [0, 0.1) is 0 Å². The number of hydrogen-bond acceptors (Lipinski definition) is 4. The highest BCUT2D eigenvalue weighted by molar-refractivity contribution is 9.10. The summed E-state index contributed by atoms with van der Waals surface area (Å²) in [6.07, 6.45) is 0.704. The molecule has 1 aromatic rings. The Morgan fingerprint density at radius 2 is 2.21 bits per heavy atom. The van der Waals surface area contributed by atoms with Crippen LogP contribution in [0.1, 0.15) is 13.3 Å². The Labute approximate surface area is 121 Å². The minimum Gasteiger partial charge on any atom is -0.493 e. The largest absolute Gasteiger partial charge is 0.493 e. The number of methoxy groups -OCH3 is 1. The minimum absolute atomic E-state index is 0.0843. The molecule has 1 rings (SSSR count). The summed E-state index contributed by atoms with van der Waals surface area (Å²) in [5.74, 6) is 0.926. The SMILES string of the molecule is CCC(Br)C(=O)Nc1ccc(OC)c(OCCO)c1. The average molecular weight is 332 g/mol. The maximum absolute atomic E-state index is 11.8. The molecule has 0 aliphatic carbocycles. The summed E-state index contributed by atoms with van der Waals surface area (Å²) >= 11 is 3.29. The lowest BCUT2D eigenvalue weighted by molar-refractivity contribution is -0.115. The lowest BCUT2D eigenvalue weighted by Crippen LogP contribution is -2.22. The predicted molar refractivity (Wildman–Crippen MR) is 77.2 cm³/mol. The number of alkyl halides is 1. The standard InChI is InChI=1S/C13H18BrNO4/c1-3-10(14)13(17)15-9-4-5-11(18-2)12(8-9)19-7-6-16/h4-5,8,10,16H,3,6-7H2,1-2H3,(H,15,17). The van der Waals surface area contributed by atoms with Gasteiger partial charge in [0, 0.05) is 11.8 Å². The van der Waals surface area contributed by atoms with Crippen molar-refractivity contribution in [2.45, 2.75) is 18.2 Å². The van der Waals surface area contributed by atoms with Crippen molar-refractivity contribution in [1.82, 2.24) is 0 Å². The first-order chi connectivity index (χ1) is 9.12. The zero-order valence-corrected chi connectivity index (χ0v) is 12.6. The molecule has 0 aromatic heterocycles. The van der Waals surface area contributed by atoms with Gasteiger partial charge >= 0.3 is 0 Å². The average Bonchev–Trinajstić information content (AvgIpc) is 2.44. The van der Waals surface area contributed by atoms with Gasteiger partial charge in [-0.2, -0.15) is 0 Å². The van der Waals surface area contributed by atoms with Crippen molar-refractivity contribution in [3.05, 3.63) is 18.2 Å². The second kappa shape index (κ2) is 8.01. The van der Waals surface area contributed by atoms with E-state index in [4.69, 9.17) is 14.6 Å². The molecule has 0 heterocycles. The first-order valence-electron chi connectivity index (χ1n) is 5.99. The quantitative estimate of drug-likeness (QED) is 0.751. The Morgan fingerprint density at radius 1 is 1.47 bits per heavy atom. The second-order valence-electron chi connectivity index (χ2n) is 3.80. The molecule has 0 saturated heterocycles. The predicted octanol–water partition coefficient (Wildman–Crippen LogP) is 2.18. The molecule has 0 aliphatic rings. The van der Waals surface area contributed by atoms with E-state index in [1.807, 2.05) is 6.92 Å². The first kappa shape index (κ1) is 15.8. The van der Waals surface area contributed by atoms with Crippen LogP contribution in [0.3, 0.4) is 0 Å². The summed E-state index contributed by atoms with van der Waals surface area (Å²) in [7, 11) is 1.53. The zero-order valence-electron chi connectivity index (χ0n) is 11.0. The number of aliphatic hydroxyl groups is 1. The molecule has 0 spiro atoms. The number of aliphatic hydroxyl groups excluding tert-OH is 1. The number of hydrogen-bond donors (Lipinski definition) is 2. The molecule has 0 fully saturated rings. The highest BCUT2D eigenvalue weighted by Gasteiger charge is 2.13. The van der Waals surface area contributed by atoms with Crippen LogP contribution in [0.4, 0.5) is 5.69 Å². The summed E-state index contributed by atoms with van der Waals surface area (Å²) in [4.78, 5) is 11.5. The molecule has 2 N–H and O–H groups in total. The van der Waals surface area contributed by atoms with Gasteiger partial charge in [0.1, 0.15) is 6.61 Å². The van der Waals surface area contributed by atoms with Crippen LogP contribution >= 0.6 is 15.9 Å². The molecule has 106 valence electrons. The molecule has 0 radical (unpaired) electrons. The number of anilines is 1. The van der Waals surface area contributed by atoms with Gasteiger partial charge in [-0.1, -0.05) is 22.9 Å². The third-order valence-corrected chi connectivity index (χ3v) is 3.49. The number of halogens is 1. The Kier molecular flexibility index (Phi) is 6.66. The van der Waals surface area contributed by atoms with Crippen molar-refractivity contribution in [2.24, 2.45) is 0 Å². The van der Waals surface area contributed by atoms with Gasteiger partial charge in [0.25, 0.3) is 0 Å². The molecule has 1 amide bonds. The van der Waals surface area contributed by atoms with Crippen molar-refractivity contribution < 1.29 is 19.4 Å². The lowest BCUT2D eigenvalue weighted by Gasteiger charge is -2.13. The smallest absolute Gasteiger partial charge is 0.238 e. The lowest BCUT2D eigenvalue weighted by atomic mass is 10.2. The van der Waals surface area contributed by atoms with Gasteiger partial charge in [-0.15, -0.1) is 0 Å². The van der Waals surface area contributed by atoms with E-state index in [0.717, 1.165) is 0 Å². The topological polar surface area (TPSA) is 67.8 Å². The third-order valence-electron chi connectivity index (χ3n) is 2.42. The second-order valence-corrected chi connectivity index (χ2v) is 4.91. The molecule has 5 nitrogen and oxygen atoms in total. The van der Waals surface area contributed by atoms with E-state index in [9.17, 15) is 4.79 Å². The number of carbonyl (C=O) groups excluding carboxylic acids is 1. The van der Waals surface area contributed by atoms with Gasteiger partial charge in [0.2, 0.25) is 5.91 Å². The Bertz CT molecular complexity index is 425. The van der Waals surface area contributed by atoms with Gasteiger partial charge in [-0.3, -0.25) is 4.79 Å². The number of amides is 1. The molecular weight excluding hydrogens is 314 g/mol. The van der Waals surface area contributed by atoms with Crippen molar-refractivity contribution >= 4 is 27.5 Å². The maximum Gasteiger partial charge on any atom is 0.238 e. The Morgan fingerprint density at radius 3 is 2.79 bits per heavy atom. The number of carbonyl (C=O) groups is 1. The van der Waals surface area contributed by atoms with E-state index in [1.165, 1.54) is 7.11 Å². The third kappa shape index (κ3) is 4.72. The van der Waals surface area contributed by atoms with Crippen molar-refractivity contribution in [2.75, 3.05) is 25.6 Å².